The number of carbonyl (C=O) groups is 1. The fraction of sp³-hybridized carbons (Fsp3) is 0.273. The number of morpholine rings is 1. The van der Waals surface area contributed by atoms with Crippen molar-refractivity contribution in [3.8, 4) is 0 Å². The van der Waals surface area contributed by atoms with Crippen LogP contribution >= 0.6 is 0 Å². The lowest BCUT2D eigenvalue weighted by Crippen LogP contribution is -3.15. The summed E-state index contributed by atoms with van der Waals surface area (Å²) in [4.78, 5) is 18.5. The summed E-state index contributed by atoms with van der Waals surface area (Å²) in [5, 5.41) is 4.02. The van der Waals surface area contributed by atoms with Gasteiger partial charge in [-0.2, -0.15) is 0 Å². The minimum atomic E-state index is -0.260. The Morgan fingerprint density at radius 3 is 2.61 bits per heavy atom. The summed E-state index contributed by atoms with van der Waals surface area (Å²) in [6.45, 7) is 3.53. The SMILES string of the molecule is O=C(NC[C@@H](c1ccc(F)cc1)[NH+]1CCOCC1)c1ccc2ccccc2n1. The van der Waals surface area contributed by atoms with E-state index in [1.54, 1.807) is 18.2 Å². The Morgan fingerprint density at radius 2 is 1.82 bits per heavy atom. The first-order valence-corrected chi connectivity index (χ1v) is 9.52. The molecule has 6 heteroatoms. The number of nitrogens with zero attached hydrogens (tertiary/aromatic N) is 1. The Labute approximate surface area is 163 Å². The number of hydrogen-bond acceptors (Lipinski definition) is 3. The van der Waals surface area contributed by atoms with Crippen molar-refractivity contribution < 1.29 is 18.8 Å². The topological polar surface area (TPSA) is 55.7 Å². The molecule has 1 fully saturated rings. The van der Waals surface area contributed by atoms with Crippen LogP contribution in [-0.2, 0) is 4.74 Å². The zero-order valence-electron chi connectivity index (χ0n) is 15.5. The molecular weight excluding hydrogens is 357 g/mol. The number of para-hydroxylation sites is 1. The van der Waals surface area contributed by atoms with E-state index in [0.717, 1.165) is 29.6 Å². The van der Waals surface area contributed by atoms with Crippen LogP contribution in [0.3, 0.4) is 0 Å². The fourth-order valence-corrected chi connectivity index (χ4v) is 3.65. The summed E-state index contributed by atoms with van der Waals surface area (Å²) in [6.07, 6.45) is 0. The number of rotatable bonds is 5. The van der Waals surface area contributed by atoms with Gasteiger partial charge in [0.1, 0.15) is 30.6 Å². The third kappa shape index (κ3) is 4.18. The summed E-state index contributed by atoms with van der Waals surface area (Å²) in [5.41, 5.74) is 2.20. The smallest absolute Gasteiger partial charge is 0.270 e. The normalized spacial score (nSPS) is 16.0. The molecule has 0 spiro atoms. The van der Waals surface area contributed by atoms with Crippen molar-refractivity contribution in [2.45, 2.75) is 6.04 Å². The van der Waals surface area contributed by atoms with Gasteiger partial charge in [-0.3, -0.25) is 4.79 Å². The van der Waals surface area contributed by atoms with Crippen LogP contribution in [-0.4, -0.2) is 43.7 Å². The second-order valence-corrected chi connectivity index (χ2v) is 6.97. The molecule has 2 aromatic carbocycles. The van der Waals surface area contributed by atoms with Crippen molar-refractivity contribution in [2.75, 3.05) is 32.8 Å². The number of benzene rings is 2. The first-order valence-electron chi connectivity index (χ1n) is 9.52. The highest BCUT2D eigenvalue weighted by molar-refractivity contribution is 5.94. The zero-order valence-corrected chi connectivity index (χ0v) is 15.5. The lowest BCUT2D eigenvalue weighted by atomic mass is 10.0. The number of quaternary nitrogens is 1. The van der Waals surface area contributed by atoms with Gasteiger partial charge in [-0.1, -0.05) is 36.4 Å². The number of hydrogen-bond donors (Lipinski definition) is 2. The van der Waals surface area contributed by atoms with Crippen LogP contribution in [0.25, 0.3) is 10.9 Å². The average Bonchev–Trinajstić information content (AvgIpc) is 2.75. The second-order valence-electron chi connectivity index (χ2n) is 6.97. The highest BCUT2D eigenvalue weighted by atomic mass is 19.1. The molecule has 1 atom stereocenters. The number of halogens is 1. The van der Waals surface area contributed by atoms with Crippen molar-refractivity contribution in [1.29, 1.82) is 0 Å². The summed E-state index contributed by atoms with van der Waals surface area (Å²) in [7, 11) is 0. The molecule has 1 amide bonds. The van der Waals surface area contributed by atoms with Gasteiger partial charge in [0.2, 0.25) is 0 Å². The summed E-state index contributed by atoms with van der Waals surface area (Å²) < 4.78 is 18.8. The quantitative estimate of drug-likeness (QED) is 0.709. The van der Waals surface area contributed by atoms with Crippen molar-refractivity contribution >= 4 is 16.8 Å². The molecule has 3 aromatic rings. The van der Waals surface area contributed by atoms with E-state index in [2.05, 4.69) is 10.3 Å². The van der Waals surface area contributed by atoms with Gasteiger partial charge < -0.3 is 15.0 Å². The molecule has 2 N–H and O–H groups in total. The number of nitrogens with one attached hydrogen (secondary N) is 2. The maximum absolute atomic E-state index is 13.4. The average molecular weight is 380 g/mol. The first-order chi connectivity index (χ1) is 13.7. The van der Waals surface area contributed by atoms with Gasteiger partial charge in [-0.25, -0.2) is 9.37 Å². The van der Waals surface area contributed by atoms with E-state index < -0.39 is 0 Å². The molecule has 2 heterocycles. The van der Waals surface area contributed by atoms with Crippen LogP contribution in [0, 0.1) is 5.82 Å². The van der Waals surface area contributed by atoms with Crippen LogP contribution in [0.5, 0.6) is 0 Å². The number of ether oxygens (including phenoxy) is 1. The Morgan fingerprint density at radius 1 is 1.07 bits per heavy atom. The van der Waals surface area contributed by atoms with Gasteiger partial charge in [0.05, 0.1) is 25.3 Å². The third-order valence-electron chi connectivity index (χ3n) is 5.20. The molecule has 144 valence electrons. The Bertz CT molecular complexity index is 955. The predicted octanol–water partition coefficient (Wildman–Crippen LogP) is 1.76. The van der Waals surface area contributed by atoms with Gasteiger partial charge in [-0.15, -0.1) is 0 Å². The Balaban J connectivity index is 1.50. The molecular formula is C22H23FN3O2+. The molecule has 1 aromatic heterocycles. The lowest BCUT2D eigenvalue weighted by molar-refractivity contribution is -0.937. The third-order valence-corrected chi connectivity index (χ3v) is 5.20. The first kappa shape index (κ1) is 18.5. The molecule has 4 rings (SSSR count). The molecule has 0 unspecified atom stereocenters. The minimum absolute atomic E-state index is 0.0360. The van der Waals surface area contributed by atoms with Gasteiger partial charge in [0.25, 0.3) is 5.91 Å². The van der Waals surface area contributed by atoms with E-state index in [1.807, 2.05) is 30.3 Å². The van der Waals surface area contributed by atoms with E-state index >= 15 is 0 Å². The second kappa shape index (κ2) is 8.46. The molecule has 0 aliphatic carbocycles. The number of pyridine rings is 1. The van der Waals surface area contributed by atoms with Gasteiger partial charge >= 0.3 is 0 Å². The standard InChI is InChI=1S/C22H22FN3O2/c23-18-8-5-17(6-9-18)21(26-11-13-28-14-12-26)15-24-22(27)20-10-7-16-3-1-2-4-19(16)25-20/h1-10,21H,11-15H2,(H,24,27)/p+1/t21-/m0/s1. The van der Waals surface area contributed by atoms with E-state index in [9.17, 15) is 9.18 Å². The lowest BCUT2D eigenvalue weighted by Gasteiger charge is -2.32. The molecule has 1 aliphatic rings. The van der Waals surface area contributed by atoms with Gasteiger partial charge in [0.15, 0.2) is 0 Å². The van der Waals surface area contributed by atoms with Crippen molar-refractivity contribution in [1.82, 2.24) is 10.3 Å². The highest BCUT2D eigenvalue weighted by Crippen LogP contribution is 2.13. The summed E-state index contributed by atoms with van der Waals surface area (Å²) >= 11 is 0. The van der Waals surface area contributed by atoms with Crippen molar-refractivity contribution in [2.24, 2.45) is 0 Å². The largest absolute Gasteiger partial charge is 0.370 e. The van der Waals surface area contributed by atoms with Gasteiger partial charge in [-0.05, 0) is 24.3 Å². The van der Waals surface area contributed by atoms with E-state index in [-0.39, 0.29) is 17.8 Å². The molecule has 5 nitrogen and oxygen atoms in total. The Hall–Kier alpha value is -2.83. The minimum Gasteiger partial charge on any atom is -0.370 e. The van der Waals surface area contributed by atoms with Crippen LogP contribution < -0.4 is 10.2 Å². The number of aromatic nitrogens is 1. The van der Waals surface area contributed by atoms with Crippen LogP contribution in [0.15, 0.2) is 60.7 Å². The highest BCUT2D eigenvalue weighted by Gasteiger charge is 2.27. The predicted molar refractivity (Wildman–Crippen MR) is 105 cm³/mol. The monoisotopic (exact) mass is 380 g/mol. The van der Waals surface area contributed by atoms with E-state index in [4.69, 9.17) is 4.74 Å². The van der Waals surface area contributed by atoms with Crippen LogP contribution in [0.2, 0.25) is 0 Å². The number of fused-ring (bicyclic) bond motifs is 1. The van der Waals surface area contributed by atoms with E-state index in [1.165, 1.54) is 17.0 Å². The zero-order chi connectivity index (χ0) is 19.3. The van der Waals surface area contributed by atoms with E-state index in [0.29, 0.717) is 25.5 Å². The fourth-order valence-electron chi connectivity index (χ4n) is 3.65. The summed E-state index contributed by atoms with van der Waals surface area (Å²) in [5.74, 6) is -0.464. The summed E-state index contributed by atoms with van der Waals surface area (Å²) in [6, 6.07) is 17.9. The van der Waals surface area contributed by atoms with Crippen LogP contribution in [0.1, 0.15) is 22.1 Å². The Kier molecular flexibility index (Phi) is 5.60. The maximum atomic E-state index is 13.4. The maximum Gasteiger partial charge on any atom is 0.270 e. The molecule has 1 aliphatic heterocycles. The number of amides is 1. The number of carbonyl (C=O) groups excluding carboxylic acids is 1. The van der Waals surface area contributed by atoms with Crippen molar-refractivity contribution in [3.63, 3.8) is 0 Å². The van der Waals surface area contributed by atoms with Gasteiger partial charge in [0, 0.05) is 10.9 Å². The molecule has 0 bridgehead atoms. The van der Waals surface area contributed by atoms with Crippen molar-refractivity contribution in [3.05, 3.63) is 77.7 Å². The van der Waals surface area contributed by atoms with Crippen LogP contribution in [0.4, 0.5) is 4.39 Å². The molecule has 28 heavy (non-hydrogen) atoms. The molecule has 0 saturated carbocycles. The molecule has 1 saturated heterocycles. The molecule has 0 radical (unpaired) electrons.